The van der Waals surface area contributed by atoms with Crippen LogP contribution >= 0.6 is 0 Å². The van der Waals surface area contributed by atoms with Crippen LogP contribution in [0.2, 0.25) is 0 Å². The third-order valence-corrected chi connectivity index (χ3v) is 3.38. The van der Waals surface area contributed by atoms with Crippen LogP contribution < -0.4 is 0 Å². The van der Waals surface area contributed by atoms with E-state index in [1.165, 1.54) is 5.56 Å². The van der Waals surface area contributed by atoms with Gasteiger partial charge >= 0.3 is 0 Å². The molecule has 0 saturated heterocycles. The molecule has 0 radical (unpaired) electrons. The first-order chi connectivity index (χ1) is 8.62. The topological polar surface area (TPSA) is 20.2 Å². The second-order valence-electron chi connectivity index (χ2n) is 4.99. The van der Waals surface area contributed by atoms with Crippen molar-refractivity contribution in [2.24, 2.45) is 0 Å². The lowest BCUT2D eigenvalue weighted by Crippen LogP contribution is -2.24. The zero-order valence-electron chi connectivity index (χ0n) is 11.1. The van der Waals surface area contributed by atoms with E-state index in [1.54, 1.807) is 0 Å². The minimum atomic E-state index is -0.812. The lowest BCUT2D eigenvalue weighted by atomic mass is 9.88. The highest BCUT2D eigenvalue weighted by Gasteiger charge is 2.23. The maximum absolute atomic E-state index is 10.6. The molecule has 1 nitrogen and oxygen atoms in total. The molecule has 0 fully saturated rings. The van der Waals surface area contributed by atoms with Crippen molar-refractivity contribution in [2.45, 2.75) is 32.3 Å². The highest BCUT2D eigenvalue weighted by molar-refractivity contribution is 5.29. The molecule has 0 spiro atoms. The van der Waals surface area contributed by atoms with Crippen LogP contribution in [0.4, 0.5) is 0 Å². The normalized spacial score (nSPS) is 14.2. The summed E-state index contributed by atoms with van der Waals surface area (Å²) in [7, 11) is 0. The molecule has 0 amide bonds. The van der Waals surface area contributed by atoms with E-state index in [1.807, 2.05) is 37.3 Å². The van der Waals surface area contributed by atoms with Gasteiger partial charge < -0.3 is 5.11 Å². The first kappa shape index (κ1) is 12.8. The van der Waals surface area contributed by atoms with Crippen molar-refractivity contribution in [3.05, 3.63) is 71.3 Å². The summed E-state index contributed by atoms with van der Waals surface area (Å²) in [5, 5.41) is 10.6. The second-order valence-corrected chi connectivity index (χ2v) is 4.99. The summed E-state index contributed by atoms with van der Waals surface area (Å²) in [5.41, 5.74) is 2.62. The van der Waals surface area contributed by atoms with Crippen LogP contribution in [-0.4, -0.2) is 5.11 Å². The average Bonchev–Trinajstić information content (AvgIpc) is 2.39. The van der Waals surface area contributed by atoms with E-state index in [-0.39, 0.29) is 0 Å². The molecule has 0 saturated carbocycles. The molecule has 2 rings (SSSR count). The standard InChI is InChI=1S/C17H20O/c1-3-14-9-11-16(12-10-14)17(2,18)13-15-7-5-4-6-8-15/h4-12,18H,3,13H2,1-2H3. The van der Waals surface area contributed by atoms with E-state index >= 15 is 0 Å². The Morgan fingerprint density at radius 1 is 0.889 bits per heavy atom. The van der Waals surface area contributed by atoms with Crippen LogP contribution in [0.25, 0.3) is 0 Å². The summed E-state index contributed by atoms with van der Waals surface area (Å²) >= 11 is 0. The minimum absolute atomic E-state index is 0.638. The van der Waals surface area contributed by atoms with Gasteiger partial charge in [-0.3, -0.25) is 0 Å². The Bertz CT molecular complexity index is 483. The first-order valence-corrected chi connectivity index (χ1v) is 6.47. The Kier molecular flexibility index (Phi) is 3.83. The summed E-state index contributed by atoms with van der Waals surface area (Å²) in [4.78, 5) is 0. The number of hydrogen-bond acceptors (Lipinski definition) is 1. The monoisotopic (exact) mass is 240 g/mol. The van der Waals surface area contributed by atoms with Crippen molar-refractivity contribution in [1.82, 2.24) is 0 Å². The molecule has 1 N–H and O–H groups in total. The molecule has 2 aromatic carbocycles. The quantitative estimate of drug-likeness (QED) is 0.864. The van der Waals surface area contributed by atoms with Gasteiger partial charge in [-0.25, -0.2) is 0 Å². The molecule has 0 aliphatic heterocycles. The number of aryl methyl sites for hydroxylation is 1. The lowest BCUT2D eigenvalue weighted by Gasteiger charge is -2.24. The van der Waals surface area contributed by atoms with Gasteiger partial charge in [0.2, 0.25) is 0 Å². The van der Waals surface area contributed by atoms with Gasteiger partial charge in [-0.1, -0.05) is 61.5 Å². The van der Waals surface area contributed by atoms with Crippen molar-refractivity contribution >= 4 is 0 Å². The summed E-state index contributed by atoms with van der Waals surface area (Å²) in [6.45, 7) is 4.01. The Hall–Kier alpha value is -1.60. The molecular formula is C17H20O. The Morgan fingerprint density at radius 3 is 2.06 bits per heavy atom. The van der Waals surface area contributed by atoms with Crippen molar-refractivity contribution in [3.8, 4) is 0 Å². The molecule has 0 aliphatic rings. The van der Waals surface area contributed by atoms with Gasteiger partial charge in [0.1, 0.15) is 0 Å². The van der Waals surface area contributed by atoms with E-state index in [2.05, 4.69) is 31.2 Å². The summed E-state index contributed by atoms with van der Waals surface area (Å²) < 4.78 is 0. The molecule has 1 heteroatoms. The fourth-order valence-electron chi connectivity index (χ4n) is 2.19. The SMILES string of the molecule is CCc1ccc(C(C)(O)Cc2ccccc2)cc1. The lowest BCUT2D eigenvalue weighted by molar-refractivity contribution is 0.0576. The molecule has 1 unspecified atom stereocenters. The van der Waals surface area contributed by atoms with Crippen LogP contribution in [0.3, 0.4) is 0 Å². The molecular weight excluding hydrogens is 220 g/mol. The number of aliphatic hydroxyl groups is 1. The van der Waals surface area contributed by atoms with E-state index in [9.17, 15) is 5.11 Å². The van der Waals surface area contributed by atoms with Crippen LogP contribution in [0.5, 0.6) is 0 Å². The minimum Gasteiger partial charge on any atom is -0.385 e. The predicted octanol–water partition coefficient (Wildman–Crippen LogP) is 3.70. The number of benzene rings is 2. The van der Waals surface area contributed by atoms with E-state index in [0.29, 0.717) is 6.42 Å². The van der Waals surface area contributed by atoms with Gasteiger partial charge in [0.25, 0.3) is 0 Å². The van der Waals surface area contributed by atoms with E-state index in [0.717, 1.165) is 17.5 Å². The van der Waals surface area contributed by atoms with Gasteiger partial charge in [0.15, 0.2) is 0 Å². The molecule has 0 aliphatic carbocycles. The van der Waals surface area contributed by atoms with Crippen LogP contribution in [0.15, 0.2) is 54.6 Å². The average molecular weight is 240 g/mol. The van der Waals surface area contributed by atoms with Gasteiger partial charge in [0, 0.05) is 6.42 Å². The molecule has 18 heavy (non-hydrogen) atoms. The van der Waals surface area contributed by atoms with E-state index in [4.69, 9.17) is 0 Å². The number of rotatable bonds is 4. The zero-order chi connectivity index (χ0) is 13.0. The molecule has 2 aromatic rings. The third kappa shape index (κ3) is 2.99. The fourth-order valence-corrected chi connectivity index (χ4v) is 2.19. The van der Waals surface area contributed by atoms with Gasteiger partial charge in [0.05, 0.1) is 5.60 Å². The van der Waals surface area contributed by atoms with Crippen molar-refractivity contribution in [3.63, 3.8) is 0 Å². The Morgan fingerprint density at radius 2 is 1.50 bits per heavy atom. The zero-order valence-corrected chi connectivity index (χ0v) is 11.1. The van der Waals surface area contributed by atoms with Gasteiger partial charge in [-0.05, 0) is 30.0 Å². The third-order valence-electron chi connectivity index (χ3n) is 3.38. The second kappa shape index (κ2) is 5.36. The molecule has 94 valence electrons. The highest BCUT2D eigenvalue weighted by atomic mass is 16.3. The van der Waals surface area contributed by atoms with Crippen molar-refractivity contribution in [1.29, 1.82) is 0 Å². The fraction of sp³-hybridized carbons (Fsp3) is 0.294. The Balaban J connectivity index is 2.19. The van der Waals surface area contributed by atoms with Crippen LogP contribution in [0, 0.1) is 0 Å². The maximum atomic E-state index is 10.6. The molecule has 0 aromatic heterocycles. The summed E-state index contributed by atoms with van der Waals surface area (Å²) in [5.74, 6) is 0. The highest BCUT2D eigenvalue weighted by Crippen LogP contribution is 2.25. The Labute approximate surface area is 109 Å². The number of hydrogen-bond donors (Lipinski definition) is 1. The first-order valence-electron chi connectivity index (χ1n) is 6.47. The molecule has 1 atom stereocenters. The molecule has 0 bridgehead atoms. The van der Waals surface area contributed by atoms with E-state index < -0.39 is 5.60 Å². The van der Waals surface area contributed by atoms with Crippen LogP contribution in [0.1, 0.15) is 30.5 Å². The molecule has 0 heterocycles. The van der Waals surface area contributed by atoms with Crippen molar-refractivity contribution < 1.29 is 5.11 Å². The predicted molar refractivity (Wildman–Crippen MR) is 75.5 cm³/mol. The van der Waals surface area contributed by atoms with Crippen molar-refractivity contribution in [2.75, 3.05) is 0 Å². The smallest absolute Gasteiger partial charge is 0.0908 e. The van der Waals surface area contributed by atoms with Crippen LogP contribution in [-0.2, 0) is 18.4 Å². The summed E-state index contributed by atoms with van der Waals surface area (Å²) in [6.07, 6.45) is 1.67. The van der Waals surface area contributed by atoms with Gasteiger partial charge in [-0.15, -0.1) is 0 Å². The maximum Gasteiger partial charge on any atom is 0.0908 e. The largest absolute Gasteiger partial charge is 0.385 e. The summed E-state index contributed by atoms with van der Waals surface area (Å²) in [6, 6.07) is 18.3. The van der Waals surface area contributed by atoms with Gasteiger partial charge in [-0.2, -0.15) is 0 Å².